The molecule has 10 nitrogen and oxygen atoms in total. The van der Waals surface area contributed by atoms with Crippen LogP contribution in [0.5, 0.6) is 5.75 Å². The lowest BCUT2D eigenvalue weighted by Crippen LogP contribution is -2.22. The summed E-state index contributed by atoms with van der Waals surface area (Å²) in [6.07, 6.45) is 2.51. The van der Waals surface area contributed by atoms with E-state index < -0.39 is 28.9 Å². The minimum Gasteiger partial charge on any atom is -0.476 e. The van der Waals surface area contributed by atoms with Crippen LogP contribution in [0.1, 0.15) is 24.7 Å². The summed E-state index contributed by atoms with van der Waals surface area (Å²) >= 11 is 6.60. The molecular formula is C26H20Br2FN5O5. The van der Waals surface area contributed by atoms with Crippen molar-refractivity contribution in [3.05, 3.63) is 101 Å². The summed E-state index contributed by atoms with van der Waals surface area (Å²) in [6.45, 7) is 1.34. The number of hydrogen-bond donors (Lipinski definition) is 1. The van der Waals surface area contributed by atoms with Gasteiger partial charge in [-0.05, 0) is 58.7 Å². The first-order valence-electron chi connectivity index (χ1n) is 11.6. The van der Waals surface area contributed by atoms with Crippen LogP contribution >= 0.6 is 31.9 Å². The molecular weight excluding hydrogens is 641 g/mol. The number of benzene rings is 3. The van der Waals surface area contributed by atoms with Crippen LogP contribution in [0, 0.1) is 15.9 Å². The summed E-state index contributed by atoms with van der Waals surface area (Å²) in [5.41, 5.74) is -0.0292. The summed E-state index contributed by atoms with van der Waals surface area (Å²) in [5.74, 6) is -1.08. The molecule has 0 spiro atoms. The lowest BCUT2D eigenvalue weighted by Gasteiger charge is -2.11. The molecule has 0 aliphatic rings. The fourth-order valence-electron chi connectivity index (χ4n) is 3.66. The van der Waals surface area contributed by atoms with Crippen LogP contribution in [0.25, 0.3) is 10.9 Å². The van der Waals surface area contributed by atoms with Crippen molar-refractivity contribution in [2.24, 2.45) is 5.10 Å². The molecule has 4 aromatic rings. The van der Waals surface area contributed by atoms with Crippen LogP contribution in [0.15, 0.2) is 73.4 Å². The van der Waals surface area contributed by atoms with E-state index in [9.17, 15) is 24.1 Å². The molecule has 200 valence electrons. The lowest BCUT2D eigenvalue weighted by atomic mass is 10.2. The Morgan fingerprint density at radius 2 is 2.00 bits per heavy atom. The zero-order valence-electron chi connectivity index (χ0n) is 20.4. The van der Waals surface area contributed by atoms with E-state index in [1.165, 1.54) is 41.2 Å². The van der Waals surface area contributed by atoms with Crippen LogP contribution in [0.2, 0.25) is 0 Å². The largest absolute Gasteiger partial charge is 0.476 e. The molecule has 0 saturated carbocycles. The monoisotopic (exact) mass is 659 g/mol. The molecule has 0 radical (unpaired) electrons. The zero-order valence-corrected chi connectivity index (χ0v) is 23.5. The number of nitrogens with one attached hydrogen (secondary N) is 1. The summed E-state index contributed by atoms with van der Waals surface area (Å²) in [6, 6.07) is 13.5. The number of halogens is 3. The van der Waals surface area contributed by atoms with Crippen molar-refractivity contribution in [3.63, 3.8) is 0 Å². The second-order valence-electron chi connectivity index (χ2n) is 8.23. The van der Waals surface area contributed by atoms with Crippen molar-refractivity contribution >= 4 is 66.3 Å². The van der Waals surface area contributed by atoms with Gasteiger partial charge in [-0.2, -0.15) is 9.78 Å². The molecule has 0 bridgehead atoms. The van der Waals surface area contributed by atoms with Crippen molar-refractivity contribution in [1.29, 1.82) is 0 Å². The average Bonchev–Trinajstić information content (AvgIpc) is 2.89. The number of hydrogen-bond acceptors (Lipinski definition) is 7. The van der Waals surface area contributed by atoms with Crippen molar-refractivity contribution in [1.82, 2.24) is 9.66 Å². The number of para-hydroxylation sites is 1. The highest BCUT2D eigenvalue weighted by atomic mass is 79.9. The second kappa shape index (κ2) is 12.3. The van der Waals surface area contributed by atoms with E-state index in [1.54, 1.807) is 24.3 Å². The third-order valence-electron chi connectivity index (χ3n) is 5.41. The number of ether oxygens (including phenoxy) is 1. The third-order valence-corrected chi connectivity index (χ3v) is 6.49. The van der Waals surface area contributed by atoms with Gasteiger partial charge in [-0.25, -0.2) is 9.37 Å². The topological polar surface area (TPSA) is 129 Å². The highest BCUT2D eigenvalue weighted by Crippen LogP contribution is 2.36. The Hall–Kier alpha value is -3.97. The molecule has 0 unspecified atom stereocenters. The second-order valence-corrected chi connectivity index (χ2v) is 10.00. The van der Waals surface area contributed by atoms with Gasteiger partial charge < -0.3 is 10.1 Å². The predicted octanol–water partition coefficient (Wildman–Crippen LogP) is 5.82. The number of nitro groups is 1. The van der Waals surface area contributed by atoms with E-state index in [0.29, 0.717) is 33.2 Å². The van der Waals surface area contributed by atoms with Crippen LogP contribution < -0.4 is 15.6 Å². The highest BCUT2D eigenvalue weighted by molar-refractivity contribution is 9.10. The maximum Gasteiger partial charge on any atom is 0.312 e. The molecule has 1 heterocycles. The number of nitrogens with zero attached hydrogens (tertiary/aromatic N) is 4. The fourth-order valence-corrected chi connectivity index (χ4v) is 4.61. The molecule has 1 amide bonds. The number of fused-ring (bicyclic) bond motifs is 1. The van der Waals surface area contributed by atoms with Gasteiger partial charge in [0.05, 0.1) is 32.2 Å². The van der Waals surface area contributed by atoms with Crippen LogP contribution in [-0.2, 0) is 11.2 Å². The minimum absolute atomic E-state index is 0.0422. The summed E-state index contributed by atoms with van der Waals surface area (Å²) in [4.78, 5) is 41.1. The van der Waals surface area contributed by atoms with Gasteiger partial charge in [0.2, 0.25) is 5.75 Å². The fraction of sp³-hybridized carbons (Fsp3) is 0.154. The van der Waals surface area contributed by atoms with Crippen LogP contribution in [-0.4, -0.2) is 33.3 Å². The van der Waals surface area contributed by atoms with E-state index in [1.807, 2.05) is 6.92 Å². The first kappa shape index (κ1) is 28.0. The Labute approximate surface area is 237 Å². The van der Waals surface area contributed by atoms with Gasteiger partial charge in [0.15, 0.2) is 6.61 Å². The Morgan fingerprint density at radius 3 is 2.72 bits per heavy atom. The maximum atomic E-state index is 13.8. The third kappa shape index (κ3) is 6.55. The van der Waals surface area contributed by atoms with Gasteiger partial charge >= 0.3 is 5.69 Å². The SMILES string of the molecule is CCCc1nc2ccc(Br)cc2c(=O)n1N=Cc1cc(Br)c(OCC(=O)Nc2ccccc2F)c([N+](=O)[O-])c1. The van der Waals surface area contributed by atoms with E-state index in [4.69, 9.17) is 4.74 Å². The van der Waals surface area contributed by atoms with Crippen molar-refractivity contribution < 1.29 is 18.8 Å². The number of amides is 1. The maximum absolute atomic E-state index is 13.8. The number of aromatic nitrogens is 2. The number of anilines is 1. The van der Waals surface area contributed by atoms with Gasteiger partial charge in [-0.1, -0.05) is 35.0 Å². The van der Waals surface area contributed by atoms with Gasteiger partial charge in [0, 0.05) is 22.5 Å². The van der Waals surface area contributed by atoms with Gasteiger partial charge in [0.1, 0.15) is 11.6 Å². The van der Waals surface area contributed by atoms with E-state index >= 15 is 0 Å². The normalized spacial score (nSPS) is 11.2. The van der Waals surface area contributed by atoms with Gasteiger partial charge in [-0.3, -0.25) is 19.7 Å². The summed E-state index contributed by atoms with van der Waals surface area (Å²) < 4.78 is 21.3. The Bertz CT molecular complexity index is 1680. The Balaban J connectivity index is 1.62. The van der Waals surface area contributed by atoms with E-state index in [-0.39, 0.29) is 21.5 Å². The molecule has 3 aromatic carbocycles. The number of aryl methyl sites for hydroxylation is 1. The number of carbonyl (C=O) groups is 1. The molecule has 0 atom stereocenters. The molecule has 39 heavy (non-hydrogen) atoms. The molecule has 13 heteroatoms. The first-order valence-corrected chi connectivity index (χ1v) is 13.2. The quantitative estimate of drug-likeness (QED) is 0.137. The molecule has 1 N–H and O–H groups in total. The molecule has 0 saturated heterocycles. The van der Waals surface area contributed by atoms with Gasteiger partial charge in [0.25, 0.3) is 11.5 Å². The smallest absolute Gasteiger partial charge is 0.312 e. The van der Waals surface area contributed by atoms with Crippen LogP contribution in [0.4, 0.5) is 15.8 Å². The number of rotatable bonds is 9. The number of carbonyl (C=O) groups excluding carboxylic acids is 1. The standard InChI is InChI=1S/C26H20Br2FN5O5/c1-2-5-23-31-20-9-8-16(27)12-17(20)26(36)33(23)30-13-15-10-18(28)25(22(11-15)34(37)38)39-14-24(35)32-21-7-4-3-6-19(21)29/h3-4,6-13H,2,5,14H2,1H3,(H,32,35). The first-order chi connectivity index (χ1) is 18.7. The highest BCUT2D eigenvalue weighted by Gasteiger charge is 2.21. The summed E-state index contributed by atoms with van der Waals surface area (Å²) in [7, 11) is 0. The lowest BCUT2D eigenvalue weighted by molar-refractivity contribution is -0.385. The van der Waals surface area contributed by atoms with Crippen molar-refractivity contribution in [2.45, 2.75) is 19.8 Å². The molecule has 4 rings (SSSR count). The van der Waals surface area contributed by atoms with Crippen molar-refractivity contribution in [3.8, 4) is 5.75 Å². The zero-order chi connectivity index (χ0) is 28.1. The van der Waals surface area contributed by atoms with E-state index in [2.05, 4.69) is 47.3 Å². The predicted molar refractivity (Wildman–Crippen MR) is 152 cm³/mol. The van der Waals surface area contributed by atoms with E-state index in [0.717, 1.165) is 6.42 Å². The number of nitro benzene ring substituents is 1. The molecule has 1 aromatic heterocycles. The Kier molecular flexibility index (Phi) is 8.82. The Morgan fingerprint density at radius 1 is 1.23 bits per heavy atom. The van der Waals surface area contributed by atoms with Crippen molar-refractivity contribution in [2.75, 3.05) is 11.9 Å². The van der Waals surface area contributed by atoms with Gasteiger partial charge in [-0.15, -0.1) is 0 Å². The average molecular weight is 661 g/mol. The van der Waals surface area contributed by atoms with Crippen LogP contribution in [0.3, 0.4) is 0 Å². The molecule has 0 aliphatic heterocycles. The molecule has 0 fully saturated rings. The summed E-state index contributed by atoms with van der Waals surface area (Å²) in [5, 5.41) is 18.8. The minimum atomic E-state index is -0.704. The molecule has 0 aliphatic carbocycles.